The van der Waals surface area contributed by atoms with Crippen molar-refractivity contribution in [2.75, 3.05) is 0 Å². The van der Waals surface area contributed by atoms with Gasteiger partial charge in [0, 0.05) is 0 Å². The SMILES string of the molecule is C=S.CCC.CCC(N)=S.S. The topological polar surface area (TPSA) is 26.0 Å². The van der Waals surface area contributed by atoms with Gasteiger partial charge in [0.2, 0.25) is 0 Å². The van der Waals surface area contributed by atoms with Crippen LogP contribution in [0.5, 0.6) is 0 Å². The molecular weight excluding hydrogens is 194 g/mol. The Morgan fingerprint density at radius 2 is 1.36 bits per heavy atom. The summed E-state index contributed by atoms with van der Waals surface area (Å²) in [7, 11) is 0. The molecule has 0 aromatic heterocycles. The fourth-order valence-electron chi connectivity index (χ4n) is 0. The van der Waals surface area contributed by atoms with Crippen LogP contribution in [0.15, 0.2) is 0 Å². The van der Waals surface area contributed by atoms with E-state index in [1.807, 2.05) is 6.92 Å². The molecule has 0 fully saturated rings. The van der Waals surface area contributed by atoms with Gasteiger partial charge in [0.05, 0.1) is 4.99 Å². The van der Waals surface area contributed by atoms with Gasteiger partial charge in [-0.1, -0.05) is 51.6 Å². The quantitative estimate of drug-likeness (QED) is 0.678. The van der Waals surface area contributed by atoms with Crippen LogP contribution in [-0.4, -0.2) is 10.9 Å². The van der Waals surface area contributed by atoms with Crippen molar-refractivity contribution in [2.24, 2.45) is 5.73 Å². The third kappa shape index (κ3) is 132. The van der Waals surface area contributed by atoms with Crippen molar-refractivity contribution >= 4 is 48.8 Å². The molecule has 0 heterocycles. The zero-order chi connectivity index (χ0) is 8.99. The second-order valence-electron chi connectivity index (χ2n) is 1.53. The molecule has 0 saturated carbocycles. The van der Waals surface area contributed by atoms with Gasteiger partial charge in [0.25, 0.3) is 0 Å². The monoisotopic (exact) mass is 213 g/mol. The Morgan fingerprint density at radius 3 is 1.36 bits per heavy atom. The van der Waals surface area contributed by atoms with Gasteiger partial charge in [-0.05, 0) is 12.3 Å². The van der Waals surface area contributed by atoms with Crippen LogP contribution in [0.1, 0.15) is 33.6 Å². The van der Waals surface area contributed by atoms with Crippen molar-refractivity contribution in [3.8, 4) is 0 Å². The predicted molar refractivity (Wildman–Crippen MR) is 68.1 cm³/mol. The number of thiocarbonyl (C=S) groups is 2. The highest BCUT2D eigenvalue weighted by atomic mass is 32.1. The van der Waals surface area contributed by atoms with Crippen molar-refractivity contribution in [3.05, 3.63) is 0 Å². The summed E-state index contributed by atoms with van der Waals surface area (Å²) in [6, 6.07) is 0. The molecule has 0 rings (SSSR count). The first-order valence-electron chi connectivity index (χ1n) is 3.26. The molecule has 0 bridgehead atoms. The first kappa shape index (κ1) is 22.5. The molecule has 11 heavy (non-hydrogen) atoms. The smallest absolute Gasteiger partial charge is 0.0724 e. The molecular formula is C7H19NS3. The summed E-state index contributed by atoms with van der Waals surface area (Å²) < 4.78 is 0. The molecule has 0 spiro atoms. The molecule has 0 unspecified atom stereocenters. The summed E-state index contributed by atoms with van der Waals surface area (Å²) in [5, 5.41) is 0. The van der Waals surface area contributed by atoms with Crippen LogP contribution in [0.2, 0.25) is 0 Å². The van der Waals surface area contributed by atoms with Crippen molar-refractivity contribution < 1.29 is 0 Å². The van der Waals surface area contributed by atoms with E-state index in [2.05, 4.69) is 44.2 Å². The van der Waals surface area contributed by atoms with Gasteiger partial charge in [-0.25, -0.2) is 0 Å². The van der Waals surface area contributed by atoms with E-state index in [0.717, 1.165) is 6.42 Å². The van der Waals surface area contributed by atoms with E-state index in [1.54, 1.807) is 0 Å². The van der Waals surface area contributed by atoms with E-state index >= 15 is 0 Å². The molecule has 1 nitrogen and oxygen atoms in total. The second kappa shape index (κ2) is 31.7. The van der Waals surface area contributed by atoms with Crippen LogP contribution in [0.25, 0.3) is 0 Å². The Labute approximate surface area is 88.2 Å². The Balaban J connectivity index is -0.0000000360. The maximum atomic E-state index is 5.02. The first-order chi connectivity index (χ1) is 4.68. The standard InChI is InChI=1S/C3H7NS.C3H8.CH2S.H2S/c1-2-3(4)5;1-3-2;1-2;/h2H2,1H3,(H2,4,5);3H2,1-2H3;1H2;1H2. The molecule has 70 valence electrons. The third-order valence-corrected chi connectivity index (χ3v) is 0.637. The fourth-order valence-corrected chi connectivity index (χ4v) is 0. The van der Waals surface area contributed by atoms with Gasteiger partial charge < -0.3 is 5.73 Å². The first-order valence-corrected chi connectivity index (χ1v) is 4.24. The summed E-state index contributed by atoms with van der Waals surface area (Å²) >= 11 is 8.31. The summed E-state index contributed by atoms with van der Waals surface area (Å²) in [4.78, 5) is 0.588. The highest BCUT2D eigenvalue weighted by molar-refractivity contribution is 7.80. The minimum absolute atomic E-state index is 0. The lowest BCUT2D eigenvalue weighted by atomic mass is 10.5. The maximum Gasteiger partial charge on any atom is 0.0724 e. The van der Waals surface area contributed by atoms with Crippen molar-refractivity contribution in [3.63, 3.8) is 0 Å². The van der Waals surface area contributed by atoms with Gasteiger partial charge in [0.15, 0.2) is 0 Å². The van der Waals surface area contributed by atoms with Crippen LogP contribution >= 0.6 is 37.9 Å². The lowest BCUT2D eigenvalue weighted by Crippen LogP contribution is -2.03. The van der Waals surface area contributed by atoms with Gasteiger partial charge >= 0.3 is 0 Å². The van der Waals surface area contributed by atoms with E-state index in [0.29, 0.717) is 4.99 Å². The highest BCUT2D eigenvalue weighted by Gasteiger charge is 1.71. The molecule has 0 aliphatic heterocycles. The third-order valence-electron chi connectivity index (χ3n) is 0.348. The zero-order valence-corrected chi connectivity index (χ0v) is 10.1. The van der Waals surface area contributed by atoms with Gasteiger partial charge in [-0.2, -0.15) is 13.5 Å². The molecule has 4 heteroatoms. The summed E-state index contributed by atoms with van der Waals surface area (Å²) in [6.07, 6.45) is 2.06. The summed E-state index contributed by atoms with van der Waals surface area (Å²) in [5.74, 6) is 2.83. The molecule has 0 aliphatic rings. The van der Waals surface area contributed by atoms with Crippen LogP contribution in [0.4, 0.5) is 0 Å². The highest BCUT2D eigenvalue weighted by Crippen LogP contribution is 1.69. The Morgan fingerprint density at radius 1 is 1.27 bits per heavy atom. The largest absolute Gasteiger partial charge is 0.393 e. The van der Waals surface area contributed by atoms with E-state index < -0.39 is 0 Å². The lowest BCUT2D eigenvalue weighted by molar-refractivity contribution is 1.09. The second-order valence-corrected chi connectivity index (χ2v) is 2.05. The molecule has 0 radical (unpaired) electrons. The van der Waals surface area contributed by atoms with E-state index in [-0.39, 0.29) is 13.5 Å². The van der Waals surface area contributed by atoms with Crippen LogP contribution in [0, 0.1) is 0 Å². The summed E-state index contributed by atoms with van der Waals surface area (Å²) in [6.45, 7) is 6.18. The molecule has 2 N–H and O–H groups in total. The van der Waals surface area contributed by atoms with Crippen LogP contribution < -0.4 is 5.73 Å². The zero-order valence-electron chi connectivity index (χ0n) is 7.52. The van der Waals surface area contributed by atoms with Gasteiger partial charge in [0.1, 0.15) is 0 Å². The molecule has 0 saturated heterocycles. The van der Waals surface area contributed by atoms with Gasteiger partial charge in [-0.15, -0.1) is 0 Å². The minimum Gasteiger partial charge on any atom is -0.393 e. The number of rotatable bonds is 1. The number of nitrogens with two attached hydrogens (primary N) is 1. The molecule has 0 amide bonds. The minimum atomic E-state index is 0. The average molecular weight is 213 g/mol. The Bertz CT molecular complexity index is 66.7. The van der Waals surface area contributed by atoms with Crippen LogP contribution in [0.3, 0.4) is 0 Å². The lowest BCUT2D eigenvalue weighted by Gasteiger charge is -1.78. The maximum absolute atomic E-state index is 5.02. The molecule has 0 aromatic carbocycles. The van der Waals surface area contributed by atoms with E-state index in [4.69, 9.17) is 5.73 Å². The van der Waals surface area contributed by atoms with E-state index in [1.165, 1.54) is 6.42 Å². The van der Waals surface area contributed by atoms with E-state index in [9.17, 15) is 0 Å². The molecule has 0 aliphatic carbocycles. The fraction of sp³-hybridized carbons (Fsp3) is 0.714. The Hall–Kier alpha value is 0.330. The number of hydrogen-bond acceptors (Lipinski definition) is 2. The van der Waals surface area contributed by atoms with Crippen molar-refractivity contribution in [1.29, 1.82) is 0 Å². The Kier molecular flexibility index (Phi) is 64.7. The summed E-state index contributed by atoms with van der Waals surface area (Å²) in [5.41, 5.74) is 5.02. The predicted octanol–water partition coefficient (Wildman–Crippen LogP) is 2.83. The normalized spacial score (nSPS) is 5.36. The van der Waals surface area contributed by atoms with Gasteiger partial charge in [-0.3, -0.25) is 0 Å². The van der Waals surface area contributed by atoms with Crippen LogP contribution in [-0.2, 0) is 0 Å². The molecule has 0 aromatic rings. The van der Waals surface area contributed by atoms with Crippen molar-refractivity contribution in [2.45, 2.75) is 33.6 Å². The number of hydrogen-bond donors (Lipinski definition) is 1. The molecule has 0 atom stereocenters. The van der Waals surface area contributed by atoms with Crippen molar-refractivity contribution in [1.82, 2.24) is 0 Å². The average Bonchev–Trinajstić information content (AvgIpc) is 1.94.